The lowest BCUT2D eigenvalue weighted by Crippen LogP contribution is -2.46. The molecule has 7 nitrogen and oxygen atoms in total. The zero-order chi connectivity index (χ0) is 24.9. The highest BCUT2D eigenvalue weighted by Crippen LogP contribution is 2.36. The number of hydrogen-bond acceptors (Lipinski definition) is 5. The first kappa shape index (κ1) is 24.7. The minimum absolute atomic E-state index is 0.186. The lowest BCUT2D eigenvalue weighted by Gasteiger charge is -2.33. The Morgan fingerprint density at radius 2 is 1.91 bits per heavy atom. The molecule has 0 saturated heterocycles. The minimum Gasteiger partial charge on any atom is -0.492 e. The Bertz CT molecular complexity index is 1250. The van der Waals surface area contributed by atoms with E-state index >= 15 is 0 Å². The zero-order valence-corrected chi connectivity index (χ0v) is 20.7. The molecule has 0 bridgehead atoms. The predicted octanol–water partition coefficient (Wildman–Crippen LogP) is 5.51. The molecule has 0 fully saturated rings. The van der Waals surface area contributed by atoms with E-state index in [9.17, 15) is 9.59 Å². The number of benzene rings is 3. The molecule has 1 unspecified atom stereocenters. The van der Waals surface area contributed by atoms with Crippen molar-refractivity contribution in [3.05, 3.63) is 76.3 Å². The molecule has 1 N–H and O–H groups in total. The molecule has 0 radical (unpaired) electrons. The molecule has 1 aliphatic heterocycles. The van der Waals surface area contributed by atoms with Gasteiger partial charge in [-0.05, 0) is 67.9 Å². The zero-order valence-electron chi connectivity index (χ0n) is 19.2. The Morgan fingerprint density at radius 3 is 2.69 bits per heavy atom. The van der Waals surface area contributed by atoms with Gasteiger partial charge in [0.2, 0.25) is 0 Å². The van der Waals surface area contributed by atoms with Crippen molar-refractivity contribution in [1.82, 2.24) is 0 Å². The van der Waals surface area contributed by atoms with Gasteiger partial charge in [0, 0.05) is 10.7 Å². The lowest BCUT2D eigenvalue weighted by atomic mass is 10.1. The van der Waals surface area contributed by atoms with Crippen LogP contribution in [0.5, 0.6) is 17.2 Å². The largest absolute Gasteiger partial charge is 0.492 e. The summed E-state index contributed by atoms with van der Waals surface area (Å²) in [5, 5.41) is 3.56. The maximum absolute atomic E-state index is 12.8. The van der Waals surface area contributed by atoms with Crippen molar-refractivity contribution in [2.45, 2.75) is 20.0 Å². The Morgan fingerprint density at radius 1 is 1.09 bits per heavy atom. The molecule has 0 spiro atoms. The number of carbonyl (C=O) groups is 2. The fourth-order valence-electron chi connectivity index (χ4n) is 3.61. The summed E-state index contributed by atoms with van der Waals surface area (Å²) in [6.07, 6.45) is -0.626. The Labute approximate surface area is 213 Å². The summed E-state index contributed by atoms with van der Waals surface area (Å²) in [5.74, 6) is 1.07. The summed E-state index contributed by atoms with van der Waals surface area (Å²) in [6, 6.07) is 17.6. The molecule has 3 aromatic rings. The van der Waals surface area contributed by atoms with E-state index in [1.54, 1.807) is 42.2 Å². The average molecular weight is 515 g/mol. The molecule has 2 amide bonds. The van der Waals surface area contributed by atoms with Crippen LogP contribution in [0, 0.1) is 6.92 Å². The van der Waals surface area contributed by atoms with E-state index in [1.807, 2.05) is 31.2 Å². The van der Waals surface area contributed by atoms with Crippen molar-refractivity contribution < 1.29 is 23.8 Å². The number of fused-ring (bicyclic) bond motifs is 1. The number of hydrogen-bond donors (Lipinski definition) is 1. The monoisotopic (exact) mass is 514 g/mol. The molecule has 1 atom stereocenters. The third-order valence-corrected chi connectivity index (χ3v) is 5.81. The van der Waals surface area contributed by atoms with Crippen LogP contribution < -0.4 is 24.4 Å². The van der Waals surface area contributed by atoms with Crippen LogP contribution in [-0.4, -0.2) is 37.7 Å². The number of nitrogens with one attached hydrogen (secondary N) is 1. The maximum Gasteiger partial charge on any atom is 0.267 e. The standard InChI is InChI=1S/C26H24Cl2N2O5/c1-16-4-3-5-20(12-16)33-11-10-30-22-14-19(7-9-24(22)35-17(2)26(30)32)29-25(31)15-34-23-8-6-18(27)13-21(23)28/h3-9,12-14,17H,10-11,15H2,1-2H3,(H,29,31). The number of aryl methyl sites for hydroxylation is 1. The third-order valence-electron chi connectivity index (χ3n) is 5.28. The number of ether oxygens (including phenoxy) is 3. The van der Waals surface area contributed by atoms with Gasteiger partial charge in [-0.1, -0.05) is 35.3 Å². The summed E-state index contributed by atoms with van der Waals surface area (Å²) >= 11 is 12.0. The third kappa shape index (κ3) is 6.18. The van der Waals surface area contributed by atoms with Gasteiger partial charge in [0.25, 0.3) is 11.8 Å². The summed E-state index contributed by atoms with van der Waals surface area (Å²) < 4.78 is 17.1. The van der Waals surface area contributed by atoms with Gasteiger partial charge in [-0.2, -0.15) is 0 Å². The topological polar surface area (TPSA) is 77.1 Å². The first-order chi connectivity index (χ1) is 16.8. The van der Waals surface area contributed by atoms with Gasteiger partial charge < -0.3 is 24.4 Å². The van der Waals surface area contributed by atoms with E-state index in [4.69, 9.17) is 37.4 Å². The molecular formula is C26H24Cl2N2O5. The van der Waals surface area contributed by atoms with E-state index < -0.39 is 6.10 Å². The van der Waals surface area contributed by atoms with E-state index in [0.29, 0.717) is 46.1 Å². The van der Waals surface area contributed by atoms with Gasteiger partial charge >= 0.3 is 0 Å². The molecule has 4 rings (SSSR count). The molecule has 0 saturated carbocycles. The second-order valence-corrected chi connectivity index (χ2v) is 8.85. The number of nitrogens with zero attached hydrogens (tertiary/aromatic N) is 1. The van der Waals surface area contributed by atoms with Crippen LogP contribution in [0.3, 0.4) is 0 Å². The van der Waals surface area contributed by atoms with E-state index in [-0.39, 0.29) is 18.4 Å². The van der Waals surface area contributed by atoms with Crippen molar-refractivity contribution in [2.24, 2.45) is 0 Å². The van der Waals surface area contributed by atoms with Gasteiger partial charge in [-0.15, -0.1) is 0 Å². The number of rotatable bonds is 8. The smallest absolute Gasteiger partial charge is 0.267 e. The van der Waals surface area contributed by atoms with Crippen molar-refractivity contribution in [3.63, 3.8) is 0 Å². The summed E-state index contributed by atoms with van der Waals surface area (Å²) in [5.41, 5.74) is 2.14. The van der Waals surface area contributed by atoms with E-state index in [1.165, 1.54) is 6.07 Å². The molecule has 0 aromatic heterocycles. The maximum atomic E-state index is 12.8. The van der Waals surface area contributed by atoms with Crippen LogP contribution in [0.25, 0.3) is 0 Å². The van der Waals surface area contributed by atoms with Gasteiger partial charge in [-0.25, -0.2) is 0 Å². The SMILES string of the molecule is Cc1cccc(OCCN2C(=O)C(C)Oc3ccc(NC(=O)COc4ccc(Cl)cc4Cl)cc32)c1. The van der Waals surface area contributed by atoms with Crippen LogP contribution in [0.4, 0.5) is 11.4 Å². The normalized spacial score (nSPS) is 14.7. The summed E-state index contributed by atoms with van der Waals surface area (Å²) in [4.78, 5) is 26.9. The fraction of sp³-hybridized carbons (Fsp3) is 0.231. The average Bonchev–Trinajstić information content (AvgIpc) is 2.81. The quantitative estimate of drug-likeness (QED) is 0.428. The van der Waals surface area contributed by atoms with E-state index in [0.717, 1.165) is 11.3 Å². The highest BCUT2D eigenvalue weighted by atomic mass is 35.5. The Hall–Kier alpha value is -3.42. The lowest BCUT2D eigenvalue weighted by molar-refractivity contribution is -0.125. The number of amides is 2. The van der Waals surface area contributed by atoms with Crippen molar-refractivity contribution in [2.75, 3.05) is 30.0 Å². The second kappa shape index (κ2) is 10.9. The van der Waals surface area contributed by atoms with E-state index in [2.05, 4.69) is 5.32 Å². The molecule has 3 aromatic carbocycles. The highest BCUT2D eigenvalue weighted by molar-refractivity contribution is 6.35. The number of halogens is 2. The van der Waals surface area contributed by atoms with Crippen LogP contribution in [0.2, 0.25) is 10.0 Å². The van der Waals surface area contributed by atoms with Gasteiger partial charge in [0.05, 0.1) is 17.3 Å². The van der Waals surface area contributed by atoms with Crippen LogP contribution in [0.15, 0.2) is 60.7 Å². The van der Waals surface area contributed by atoms with Crippen LogP contribution >= 0.6 is 23.2 Å². The van der Waals surface area contributed by atoms with Crippen LogP contribution in [-0.2, 0) is 9.59 Å². The molecular weight excluding hydrogens is 491 g/mol. The number of anilines is 2. The molecule has 1 aliphatic rings. The van der Waals surface area contributed by atoms with Crippen molar-refractivity contribution in [1.29, 1.82) is 0 Å². The number of carbonyl (C=O) groups excluding carboxylic acids is 2. The van der Waals surface area contributed by atoms with Crippen LogP contribution in [0.1, 0.15) is 12.5 Å². The second-order valence-electron chi connectivity index (χ2n) is 8.01. The Balaban J connectivity index is 1.42. The van der Waals surface area contributed by atoms with Gasteiger partial charge in [0.15, 0.2) is 12.7 Å². The van der Waals surface area contributed by atoms with Crippen molar-refractivity contribution >= 4 is 46.4 Å². The highest BCUT2D eigenvalue weighted by Gasteiger charge is 2.31. The molecule has 0 aliphatic carbocycles. The minimum atomic E-state index is -0.626. The van der Waals surface area contributed by atoms with Gasteiger partial charge in [0.1, 0.15) is 23.9 Å². The van der Waals surface area contributed by atoms with Crippen molar-refractivity contribution in [3.8, 4) is 17.2 Å². The fourth-order valence-corrected chi connectivity index (χ4v) is 4.07. The first-order valence-corrected chi connectivity index (χ1v) is 11.7. The predicted molar refractivity (Wildman–Crippen MR) is 136 cm³/mol. The molecule has 9 heteroatoms. The Kier molecular flexibility index (Phi) is 7.68. The molecule has 35 heavy (non-hydrogen) atoms. The van der Waals surface area contributed by atoms with Gasteiger partial charge in [-0.3, -0.25) is 9.59 Å². The first-order valence-electron chi connectivity index (χ1n) is 11.0. The summed E-state index contributed by atoms with van der Waals surface area (Å²) in [6.45, 7) is 4.06. The summed E-state index contributed by atoms with van der Waals surface area (Å²) in [7, 11) is 0. The molecule has 1 heterocycles. The molecule has 182 valence electrons.